The number of H-pyrrole nitrogens is 1. The molecule has 1 aromatic heterocycles. The van der Waals surface area contributed by atoms with Gasteiger partial charge in [-0.15, -0.1) is 0 Å². The molecule has 2 N–H and O–H groups in total. The van der Waals surface area contributed by atoms with Gasteiger partial charge in [0.15, 0.2) is 5.78 Å². The van der Waals surface area contributed by atoms with Gasteiger partial charge in [0.2, 0.25) is 5.88 Å². The summed E-state index contributed by atoms with van der Waals surface area (Å²) < 4.78 is 9.80. The molecule has 7 heteroatoms. The van der Waals surface area contributed by atoms with Gasteiger partial charge >= 0.3 is 6.16 Å². The Morgan fingerprint density at radius 3 is 2.75 bits per heavy atom. The third kappa shape index (κ3) is 4.84. The summed E-state index contributed by atoms with van der Waals surface area (Å²) in [5.41, 5.74) is 0.880. The van der Waals surface area contributed by atoms with Gasteiger partial charge in [0.25, 0.3) is 0 Å². The fraction of sp³-hybridized carbons (Fsp3) is 0.524. The number of fused-ring (bicyclic) bond motifs is 1. The number of phenolic OH excluding ortho intramolecular Hbond substituents is 1. The Balaban J connectivity index is 1.66. The predicted molar refractivity (Wildman–Crippen MR) is 106 cm³/mol. The molecule has 0 aliphatic carbocycles. The van der Waals surface area contributed by atoms with E-state index in [-0.39, 0.29) is 24.0 Å². The molecule has 1 aliphatic rings. The number of nitrogens with zero attached hydrogens (tertiary/aromatic N) is 1. The van der Waals surface area contributed by atoms with E-state index in [0.717, 1.165) is 32.0 Å². The van der Waals surface area contributed by atoms with E-state index in [9.17, 15) is 14.7 Å². The Kier molecular flexibility index (Phi) is 6.57. The van der Waals surface area contributed by atoms with Crippen LogP contribution < -0.4 is 4.74 Å². The predicted octanol–water partition coefficient (Wildman–Crippen LogP) is 4.10. The van der Waals surface area contributed by atoms with E-state index < -0.39 is 6.16 Å². The van der Waals surface area contributed by atoms with Crippen molar-refractivity contribution in [2.24, 2.45) is 5.92 Å². The summed E-state index contributed by atoms with van der Waals surface area (Å²) in [6, 6.07) is 4.64. The molecule has 1 saturated heterocycles. The van der Waals surface area contributed by atoms with E-state index in [0.29, 0.717) is 22.9 Å². The number of Topliss-reactive ketones (excluding diaryl/α,β-unsaturated/α-hetero) is 1. The number of carbonyl (C=O) groups is 2. The number of piperidine rings is 1. The van der Waals surface area contributed by atoms with Gasteiger partial charge in [-0.05, 0) is 63.9 Å². The van der Waals surface area contributed by atoms with Gasteiger partial charge < -0.3 is 24.5 Å². The maximum atomic E-state index is 12.8. The number of likely N-dealkylation sites (tertiary alicyclic amines) is 1. The Bertz CT molecular complexity index is 837. The molecule has 0 bridgehead atoms. The van der Waals surface area contributed by atoms with Crippen LogP contribution in [0, 0.1) is 5.92 Å². The minimum atomic E-state index is -0.836. The topological polar surface area (TPSA) is 91.9 Å². The summed E-state index contributed by atoms with van der Waals surface area (Å²) in [6.45, 7) is 7.29. The smallest absolute Gasteiger partial charge is 0.506 e. The minimum absolute atomic E-state index is 0.00676. The van der Waals surface area contributed by atoms with E-state index >= 15 is 0 Å². The first-order valence-electron chi connectivity index (χ1n) is 9.92. The lowest BCUT2D eigenvalue weighted by Crippen LogP contribution is -2.33. The van der Waals surface area contributed by atoms with Crippen molar-refractivity contribution in [1.82, 2.24) is 9.88 Å². The van der Waals surface area contributed by atoms with Crippen molar-refractivity contribution in [2.45, 2.75) is 39.5 Å². The molecule has 0 radical (unpaired) electrons. The number of ether oxygens (including phenoxy) is 2. The molecule has 2 heterocycles. The number of nitrogens with one attached hydrogen (secondary N) is 1. The van der Waals surface area contributed by atoms with Crippen LogP contribution in [0.1, 0.15) is 49.9 Å². The lowest BCUT2D eigenvalue weighted by atomic mass is 9.98. The van der Waals surface area contributed by atoms with Crippen molar-refractivity contribution in [3.63, 3.8) is 0 Å². The average Bonchev–Trinajstić information content (AvgIpc) is 3.08. The molecule has 0 atom stereocenters. The highest BCUT2D eigenvalue weighted by Crippen LogP contribution is 2.31. The second-order valence-electron chi connectivity index (χ2n) is 7.39. The van der Waals surface area contributed by atoms with Crippen LogP contribution in [-0.2, 0) is 4.74 Å². The molecule has 0 spiro atoms. The quantitative estimate of drug-likeness (QED) is 0.548. The van der Waals surface area contributed by atoms with Gasteiger partial charge in [-0.25, -0.2) is 4.79 Å². The molecule has 0 saturated carbocycles. The molecule has 3 rings (SSSR count). The molecule has 28 heavy (non-hydrogen) atoms. The zero-order chi connectivity index (χ0) is 20.1. The number of benzene rings is 1. The molecule has 0 unspecified atom stereocenters. The maximum Gasteiger partial charge on any atom is 0.515 e. The molecule has 0 amide bonds. The highest BCUT2D eigenvalue weighted by molar-refractivity contribution is 6.09. The summed E-state index contributed by atoms with van der Waals surface area (Å²) >= 11 is 0. The number of aromatic hydroxyl groups is 1. The number of aromatic amines is 1. The zero-order valence-electron chi connectivity index (χ0n) is 16.5. The first-order chi connectivity index (χ1) is 13.5. The van der Waals surface area contributed by atoms with Crippen molar-refractivity contribution >= 4 is 22.8 Å². The minimum Gasteiger partial charge on any atom is -0.506 e. The lowest BCUT2D eigenvalue weighted by molar-refractivity contribution is 0.0971. The van der Waals surface area contributed by atoms with E-state index in [1.807, 2.05) is 0 Å². The molecule has 1 aliphatic heterocycles. The number of hydrogen-bond donors (Lipinski definition) is 2. The molecule has 152 valence electrons. The largest absolute Gasteiger partial charge is 0.515 e. The van der Waals surface area contributed by atoms with Crippen LogP contribution in [0.5, 0.6) is 11.6 Å². The van der Waals surface area contributed by atoms with E-state index in [4.69, 9.17) is 9.47 Å². The standard InChI is InChI=1S/C21H28N2O5/c1-3-27-21(26)28-19-13-16-15(6-7-18(25)20(16)22-19)17(24)5-4-10-23-11-8-14(2)9-12-23/h6-7,13-14,22,25H,3-5,8-12H2,1-2H3. The van der Waals surface area contributed by atoms with Crippen LogP contribution in [0.15, 0.2) is 18.2 Å². The maximum absolute atomic E-state index is 12.8. The van der Waals surface area contributed by atoms with Crippen LogP contribution in [-0.4, -0.2) is 53.2 Å². The number of carbonyl (C=O) groups excluding carboxylic acids is 2. The number of hydrogen-bond acceptors (Lipinski definition) is 6. The van der Waals surface area contributed by atoms with Crippen LogP contribution >= 0.6 is 0 Å². The SMILES string of the molecule is CCOC(=O)Oc1cc2c(C(=O)CCCN3CCC(C)CC3)ccc(O)c2[nH]1. The van der Waals surface area contributed by atoms with Crippen LogP contribution in [0.2, 0.25) is 0 Å². The van der Waals surface area contributed by atoms with Crippen LogP contribution in [0.25, 0.3) is 10.9 Å². The van der Waals surface area contributed by atoms with E-state index in [1.54, 1.807) is 19.1 Å². The number of ketones is 1. The Labute approximate surface area is 164 Å². The third-order valence-corrected chi connectivity index (χ3v) is 5.26. The van der Waals surface area contributed by atoms with Crippen molar-refractivity contribution in [3.05, 3.63) is 23.8 Å². The van der Waals surface area contributed by atoms with Gasteiger partial charge in [-0.2, -0.15) is 0 Å². The van der Waals surface area contributed by atoms with Crippen molar-refractivity contribution in [3.8, 4) is 11.6 Å². The Hall–Kier alpha value is -2.54. The van der Waals surface area contributed by atoms with Crippen LogP contribution in [0.4, 0.5) is 4.79 Å². The normalized spacial score (nSPS) is 15.6. The number of rotatable bonds is 7. The summed E-state index contributed by atoms with van der Waals surface area (Å²) in [4.78, 5) is 29.5. The molecular formula is C21H28N2O5. The van der Waals surface area contributed by atoms with Gasteiger partial charge in [-0.1, -0.05) is 6.92 Å². The fourth-order valence-electron chi connectivity index (χ4n) is 3.60. The zero-order valence-corrected chi connectivity index (χ0v) is 16.5. The van der Waals surface area contributed by atoms with Gasteiger partial charge in [0.05, 0.1) is 12.1 Å². The third-order valence-electron chi connectivity index (χ3n) is 5.26. The van der Waals surface area contributed by atoms with E-state index in [1.165, 1.54) is 18.9 Å². The first-order valence-corrected chi connectivity index (χ1v) is 9.92. The monoisotopic (exact) mass is 388 g/mol. The lowest BCUT2D eigenvalue weighted by Gasteiger charge is -2.30. The van der Waals surface area contributed by atoms with Gasteiger partial charge in [0.1, 0.15) is 5.75 Å². The van der Waals surface area contributed by atoms with Gasteiger partial charge in [-0.3, -0.25) is 4.79 Å². The summed E-state index contributed by atoms with van der Waals surface area (Å²) in [7, 11) is 0. The van der Waals surface area contributed by atoms with Gasteiger partial charge in [0, 0.05) is 23.4 Å². The van der Waals surface area contributed by atoms with Crippen molar-refractivity contribution < 1.29 is 24.2 Å². The Morgan fingerprint density at radius 2 is 2.04 bits per heavy atom. The second-order valence-corrected chi connectivity index (χ2v) is 7.39. The van der Waals surface area contributed by atoms with E-state index in [2.05, 4.69) is 16.8 Å². The molecule has 1 aromatic carbocycles. The average molecular weight is 388 g/mol. The van der Waals surface area contributed by atoms with Crippen molar-refractivity contribution in [1.29, 1.82) is 0 Å². The first kappa shape index (κ1) is 20.2. The summed E-state index contributed by atoms with van der Waals surface area (Å²) in [6.07, 6.45) is 2.84. The highest BCUT2D eigenvalue weighted by atomic mass is 16.7. The molecular weight excluding hydrogens is 360 g/mol. The Morgan fingerprint density at radius 1 is 1.29 bits per heavy atom. The molecule has 1 fully saturated rings. The second kappa shape index (κ2) is 9.10. The van der Waals surface area contributed by atoms with Crippen molar-refractivity contribution in [2.75, 3.05) is 26.2 Å². The molecule has 2 aromatic rings. The highest BCUT2D eigenvalue weighted by Gasteiger charge is 2.19. The number of phenols is 1. The fourth-order valence-corrected chi connectivity index (χ4v) is 3.60. The van der Waals surface area contributed by atoms with Crippen LogP contribution in [0.3, 0.4) is 0 Å². The summed E-state index contributed by atoms with van der Waals surface area (Å²) in [5, 5.41) is 10.6. The summed E-state index contributed by atoms with van der Waals surface area (Å²) in [5.74, 6) is 0.930. The molecule has 7 nitrogen and oxygen atoms in total. The number of aromatic nitrogens is 1.